The van der Waals surface area contributed by atoms with Crippen molar-refractivity contribution in [3.8, 4) is 0 Å². The molecule has 1 heteroatoms. The van der Waals surface area contributed by atoms with E-state index >= 15 is 0 Å². The molecule has 0 amide bonds. The number of likely N-dealkylation sites (N-methyl/N-ethyl adjacent to an activating group) is 1. The third kappa shape index (κ3) is 2.34. The number of hydrogen-bond acceptors (Lipinski definition) is 1. The molecule has 1 heterocycles. The first-order valence-electron chi connectivity index (χ1n) is 5.02. The highest BCUT2D eigenvalue weighted by molar-refractivity contribution is 5.10. The van der Waals surface area contributed by atoms with Crippen molar-refractivity contribution in [2.75, 3.05) is 13.6 Å². The summed E-state index contributed by atoms with van der Waals surface area (Å²) in [6, 6.07) is 0.630. The van der Waals surface area contributed by atoms with Crippen molar-refractivity contribution >= 4 is 0 Å². The van der Waals surface area contributed by atoms with Crippen LogP contribution in [0.15, 0.2) is 11.6 Å². The first-order valence-corrected chi connectivity index (χ1v) is 5.02. The van der Waals surface area contributed by atoms with Gasteiger partial charge < -0.3 is 4.90 Å². The summed E-state index contributed by atoms with van der Waals surface area (Å²) in [6.07, 6.45) is 5.06. The highest BCUT2D eigenvalue weighted by Crippen LogP contribution is 2.21. The molecule has 0 bridgehead atoms. The Labute approximate surface area is 76.5 Å². The molecule has 0 saturated carbocycles. The van der Waals surface area contributed by atoms with Crippen LogP contribution in [-0.4, -0.2) is 24.5 Å². The average Bonchev–Trinajstić information content (AvgIpc) is 2.15. The number of hydrogen-bond donors (Lipinski definition) is 0. The maximum atomic E-state index is 2.44. The Morgan fingerprint density at radius 2 is 2.17 bits per heavy atom. The molecule has 0 N–H and O–H groups in total. The summed E-state index contributed by atoms with van der Waals surface area (Å²) in [5.74, 6) is 0.735. The van der Waals surface area contributed by atoms with Gasteiger partial charge in [0, 0.05) is 6.04 Å². The summed E-state index contributed by atoms with van der Waals surface area (Å²) >= 11 is 0. The predicted octanol–water partition coefficient (Wildman–Crippen LogP) is 2.68. The molecule has 1 atom stereocenters. The van der Waals surface area contributed by atoms with E-state index in [1.54, 1.807) is 5.57 Å². The van der Waals surface area contributed by atoms with Crippen LogP contribution in [0.4, 0.5) is 0 Å². The lowest BCUT2D eigenvalue weighted by Crippen LogP contribution is -2.27. The Morgan fingerprint density at radius 1 is 1.50 bits per heavy atom. The standard InChI is InChI=1S/C11H21N/c1-9(2)11-6-5-7-12(4)10(3)8-11/h8-10H,5-7H2,1-4H3/t10-/m1/s1. The number of rotatable bonds is 1. The molecule has 0 aromatic rings. The maximum Gasteiger partial charge on any atom is 0.0249 e. The van der Waals surface area contributed by atoms with Gasteiger partial charge in [-0.25, -0.2) is 0 Å². The molecule has 0 spiro atoms. The van der Waals surface area contributed by atoms with Gasteiger partial charge >= 0.3 is 0 Å². The first kappa shape index (κ1) is 9.79. The van der Waals surface area contributed by atoms with Crippen LogP contribution in [0, 0.1) is 5.92 Å². The lowest BCUT2D eigenvalue weighted by atomic mass is 9.98. The van der Waals surface area contributed by atoms with Crippen LogP contribution in [0.25, 0.3) is 0 Å². The molecule has 1 nitrogen and oxygen atoms in total. The zero-order valence-electron chi connectivity index (χ0n) is 8.80. The molecule has 0 saturated heterocycles. The number of allylic oxidation sites excluding steroid dienone is 1. The van der Waals surface area contributed by atoms with Gasteiger partial charge in [0.25, 0.3) is 0 Å². The van der Waals surface area contributed by atoms with E-state index in [4.69, 9.17) is 0 Å². The van der Waals surface area contributed by atoms with E-state index in [9.17, 15) is 0 Å². The lowest BCUT2D eigenvalue weighted by Gasteiger charge is -2.19. The van der Waals surface area contributed by atoms with E-state index in [1.807, 2.05) is 0 Å². The van der Waals surface area contributed by atoms with Crippen molar-refractivity contribution in [2.45, 2.75) is 39.7 Å². The van der Waals surface area contributed by atoms with E-state index in [1.165, 1.54) is 19.4 Å². The van der Waals surface area contributed by atoms with Crippen LogP contribution in [0.3, 0.4) is 0 Å². The molecule has 0 aromatic heterocycles. The van der Waals surface area contributed by atoms with Crippen LogP contribution in [0.2, 0.25) is 0 Å². The summed E-state index contributed by atoms with van der Waals surface area (Å²) in [5, 5.41) is 0. The minimum atomic E-state index is 0.630. The lowest BCUT2D eigenvalue weighted by molar-refractivity contribution is 0.301. The molecular weight excluding hydrogens is 146 g/mol. The van der Waals surface area contributed by atoms with Gasteiger partial charge in [0.05, 0.1) is 0 Å². The molecule has 1 aliphatic heterocycles. The van der Waals surface area contributed by atoms with Gasteiger partial charge in [0.15, 0.2) is 0 Å². The Balaban J connectivity index is 2.67. The van der Waals surface area contributed by atoms with Crippen LogP contribution in [0.5, 0.6) is 0 Å². The van der Waals surface area contributed by atoms with Crippen molar-refractivity contribution in [3.63, 3.8) is 0 Å². The van der Waals surface area contributed by atoms with Crippen molar-refractivity contribution in [1.29, 1.82) is 0 Å². The molecule has 1 rings (SSSR count). The van der Waals surface area contributed by atoms with Crippen molar-refractivity contribution in [3.05, 3.63) is 11.6 Å². The first-order chi connectivity index (χ1) is 5.61. The van der Waals surface area contributed by atoms with Gasteiger partial charge in [-0.3, -0.25) is 0 Å². The SMILES string of the molecule is CC(C)C1=C[C@@H](C)N(C)CCC1. The molecule has 1 aliphatic rings. The quantitative estimate of drug-likeness (QED) is 0.543. The minimum Gasteiger partial charge on any atom is -0.300 e. The average molecular weight is 167 g/mol. The second-order valence-corrected chi connectivity index (χ2v) is 4.22. The fraction of sp³-hybridized carbons (Fsp3) is 0.818. The zero-order chi connectivity index (χ0) is 9.14. The molecule has 0 radical (unpaired) electrons. The smallest absolute Gasteiger partial charge is 0.0249 e. The van der Waals surface area contributed by atoms with Gasteiger partial charge in [-0.15, -0.1) is 0 Å². The van der Waals surface area contributed by atoms with Gasteiger partial charge in [0.2, 0.25) is 0 Å². The molecule has 0 aliphatic carbocycles. The van der Waals surface area contributed by atoms with Crippen LogP contribution >= 0.6 is 0 Å². The summed E-state index contributed by atoms with van der Waals surface area (Å²) < 4.78 is 0. The highest BCUT2D eigenvalue weighted by Gasteiger charge is 2.13. The summed E-state index contributed by atoms with van der Waals surface area (Å²) in [7, 11) is 2.21. The Kier molecular flexibility index (Phi) is 3.33. The van der Waals surface area contributed by atoms with Gasteiger partial charge in [0.1, 0.15) is 0 Å². The molecular formula is C11H21N. The van der Waals surface area contributed by atoms with Crippen LogP contribution < -0.4 is 0 Å². The molecule has 12 heavy (non-hydrogen) atoms. The summed E-state index contributed by atoms with van der Waals surface area (Å²) in [6.45, 7) is 8.12. The minimum absolute atomic E-state index is 0.630. The van der Waals surface area contributed by atoms with Crippen molar-refractivity contribution < 1.29 is 0 Å². The summed E-state index contributed by atoms with van der Waals surface area (Å²) in [4.78, 5) is 2.43. The maximum absolute atomic E-state index is 2.44. The Morgan fingerprint density at radius 3 is 2.75 bits per heavy atom. The normalized spacial score (nSPS) is 27.1. The van der Waals surface area contributed by atoms with Crippen LogP contribution in [0.1, 0.15) is 33.6 Å². The third-order valence-corrected chi connectivity index (χ3v) is 2.87. The van der Waals surface area contributed by atoms with Gasteiger partial charge in [-0.2, -0.15) is 0 Å². The third-order valence-electron chi connectivity index (χ3n) is 2.87. The largest absolute Gasteiger partial charge is 0.300 e. The van der Waals surface area contributed by atoms with Crippen molar-refractivity contribution in [2.24, 2.45) is 5.92 Å². The molecule has 0 aromatic carbocycles. The van der Waals surface area contributed by atoms with Crippen LogP contribution in [-0.2, 0) is 0 Å². The number of nitrogens with zero attached hydrogens (tertiary/aromatic N) is 1. The second-order valence-electron chi connectivity index (χ2n) is 4.22. The summed E-state index contributed by atoms with van der Waals surface area (Å²) in [5.41, 5.74) is 1.65. The zero-order valence-corrected chi connectivity index (χ0v) is 8.80. The topological polar surface area (TPSA) is 3.24 Å². The van der Waals surface area contributed by atoms with Gasteiger partial charge in [-0.1, -0.05) is 25.5 Å². The fourth-order valence-electron chi connectivity index (χ4n) is 1.74. The van der Waals surface area contributed by atoms with E-state index < -0.39 is 0 Å². The fourth-order valence-corrected chi connectivity index (χ4v) is 1.74. The van der Waals surface area contributed by atoms with E-state index in [0.29, 0.717) is 6.04 Å². The van der Waals surface area contributed by atoms with E-state index in [-0.39, 0.29) is 0 Å². The second kappa shape index (κ2) is 4.08. The van der Waals surface area contributed by atoms with Crippen molar-refractivity contribution in [1.82, 2.24) is 4.90 Å². The monoisotopic (exact) mass is 167 g/mol. The molecule has 0 unspecified atom stereocenters. The van der Waals surface area contributed by atoms with Gasteiger partial charge in [-0.05, 0) is 39.3 Å². The highest BCUT2D eigenvalue weighted by atomic mass is 15.1. The molecule has 70 valence electrons. The Bertz CT molecular complexity index is 170. The predicted molar refractivity (Wildman–Crippen MR) is 54.2 cm³/mol. The van der Waals surface area contributed by atoms with E-state index in [0.717, 1.165) is 5.92 Å². The van der Waals surface area contributed by atoms with E-state index in [2.05, 4.69) is 38.8 Å². The Hall–Kier alpha value is -0.300. The molecule has 0 fully saturated rings.